The molecule has 662 valence electrons. The first-order valence-corrected chi connectivity index (χ1v) is 41.5. The van der Waals surface area contributed by atoms with E-state index in [1.165, 1.54) is 0 Å². The zero-order valence-corrected chi connectivity index (χ0v) is 68.4. The molecule has 3 rings (SSSR count). The Morgan fingerprint density at radius 1 is 0.241 bits per heavy atom. The minimum Gasteiger partial charge on any atom is -0.380 e. The lowest BCUT2D eigenvalue weighted by atomic mass is 9.94. The van der Waals surface area contributed by atoms with Crippen molar-refractivity contribution >= 4 is 88.5 Å². The van der Waals surface area contributed by atoms with Crippen molar-refractivity contribution < 1.29 is 143 Å². The summed E-state index contributed by atoms with van der Waals surface area (Å²) in [6.45, 7) is 10.4. The number of hydrogen-bond donors (Lipinski definition) is 4. The molecule has 3 saturated heterocycles. The van der Waals surface area contributed by atoms with Gasteiger partial charge in [0, 0.05) is 154 Å². The number of nitrogens with zero attached hydrogens (tertiary/aromatic N) is 3. The topological polar surface area (TPSA) is 452 Å². The predicted molar refractivity (Wildman–Crippen MR) is 411 cm³/mol. The summed E-state index contributed by atoms with van der Waals surface area (Å²) < 4.78 is 68.0. The van der Waals surface area contributed by atoms with Crippen molar-refractivity contribution in [1.82, 2.24) is 36.5 Å². The first-order valence-electron chi connectivity index (χ1n) is 41.5. The van der Waals surface area contributed by atoms with E-state index in [2.05, 4.69) is 21.3 Å². The Hall–Kier alpha value is -7.43. The molecule has 3 aliphatic rings. The van der Waals surface area contributed by atoms with Crippen LogP contribution >= 0.6 is 0 Å². The first kappa shape index (κ1) is 103. The highest BCUT2D eigenvalue weighted by atomic mass is 16.7. The molecule has 0 bridgehead atoms. The average Bonchev–Trinajstić information content (AvgIpc) is 1.74. The molecule has 0 spiro atoms. The van der Waals surface area contributed by atoms with Crippen LogP contribution in [0, 0.1) is 5.41 Å². The maximum absolute atomic E-state index is 12.8. The maximum atomic E-state index is 12.8. The highest BCUT2D eigenvalue weighted by Crippen LogP contribution is 2.21. The van der Waals surface area contributed by atoms with Crippen LogP contribution in [0.3, 0.4) is 0 Å². The van der Waals surface area contributed by atoms with Crippen LogP contribution in [0.4, 0.5) is 0 Å². The summed E-state index contributed by atoms with van der Waals surface area (Å²) in [6, 6.07) is 0. The normalized spacial score (nSPS) is 13.6. The summed E-state index contributed by atoms with van der Waals surface area (Å²) in [5.41, 5.74) is -0.688. The molecule has 3 fully saturated rings. The van der Waals surface area contributed by atoms with Gasteiger partial charge in [-0.25, -0.2) is 14.4 Å². The van der Waals surface area contributed by atoms with E-state index in [0.717, 1.165) is 77.0 Å². The Bertz CT molecular complexity index is 2530. The van der Waals surface area contributed by atoms with Crippen molar-refractivity contribution in [3.8, 4) is 0 Å². The largest absolute Gasteiger partial charge is 0.380 e. The Kier molecular flexibility index (Phi) is 60.7. The van der Waals surface area contributed by atoms with Crippen LogP contribution in [-0.2, 0) is 143 Å². The molecule has 3 aliphatic heterocycles. The fraction of sp³-hybridized carbons (Fsp3) is 0.810. The molecule has 10 amide bonds. The van der Waals surface area contributed by atoms with Gasteiger partial charge in [0.1, 0.15) is 11.6 Å². The van der Waals surface area contributed by atoms with Gasteiger partial charge in [-0.15, -0.1) is 15.2 Å². The van der Waals surface area contributed by atoms with Crippen molar-refractivity contribution in [1.29, 1.82) is 0 Å². The fourth-order valence-electron chi connectivity index (χ4n) is 11.2. The summed E-state index contributed by atoms with van der Waals surface area (Å²) >= 11 is 0. The third kappa shape index (κ3) is 56.0. The molecule has 37 heteroatoms. The zero-order chi connectivity index (χ0) is 84.2. The summed E-state index contributed by atoms with van der Waals surface area (Å²) in [7, 11) is 0. The van der Waals surface area contributed by atoms with Crippen molar-refractivity contribution in [2.45, 2.75) is 225 Å². The second-order valence-corrected chi connectivity index (χ2v) is 28.4. The van der Waals surface area contributed by atoms with Gasteiger partial charge in [-0.2, -0.15) is 0 Å². The molecule has 0 aromatic rings. The Balaban J connectivity index is 1.18. The molecule has 0 aliphatic carbocycles. The number of Topliss-reactive ketones (excluding diaryl/α,β-unsaturated/α-hetero) is 2. The quantitative estimate of drug-likeness (QED) is 0.0479. The number of ether oxygens (including phenoxy) is 12. The second-order valence-electron chi connectivity index (χ2n) is 28.4. The third-order valence-electron chi connectivity index (χ3n) is 17.8. The number of ketones is 2. The lowest BCUT2D eigenvalue weighted by Gasteiger charge is -2.29. The van der Waals surface area contributed by atoms with Gasteiger partial charge in [0.05, 0.1) is 145 Å². The van der Waals surface area contributed by atoms with Crippen molar-refractivity contribution in [3.05, 3.63) is 0 Å². The van der Waals surface area contributed by atoms with Crippen molar-refractivity contribution in [2.75, 3.05) is 185 Å². The number of hydroxylamine groups is 6. The van der Waals surface area contributed by atoms with E-state index in [0.29, 0.717) is 172 Å². The van der Waals surface area contributed by atoms with Crippen LogP contribution < -0.4 is 21.3 Å². The molecule has 0 aromatic heterocycles. The predicted octanol–water partition coefficient (Wildman–Crippen LogP) is 4.54. The smallest absolute Gasteiger partial charge is 0.333 e. The van der Waals surface area contributed by atoms with Gasteiger partial charge < -0.3 is 92.6 Å². The number of unbranched alkanes of at least 4 members (excludes halogenated alkanes) is 12. The number of rotatable bonds is 80. The molecule has 0 saturated carbocycles. The van der Waals surface area contributed by atoms with Gasteiger partial charge in [0.2, 0.25) is 23.6 Å². The van der Waals surface area contributed by atoms with Crippen LogP contribution in [0.25, 0.3) is 0 Å². The lowest BCUT2D eigenvalue weighted by Crippen LogP contribution is -2.35. The van der Waals surface area contributed by atoms with E-state index in [1.54, 1.807) is 0 Å². The SMILES string of the molecule is CC(COCCC(=O)CCCOCCOCCOCCC(=O)NCCCCCCCC(=O)ON1C(=O)CCC1=O)(COCCC(=O)CCCOCCOCCOCCC(=O)NCCCCCCCC(=O)ON1C(=O)CCC1=O)COCCC(=O)NCCOCCOCCOCCC(=O)NCCCCCCCC(=O)ON1C(=O)CCC1=O. The van der Waals surface area contributed by atoms with Crippen LogP contribution in [0.5, 0.6) is 0 Å². The Morgan fingerprint density at radius 3 is 0.759 bits per heavy atom. The van der Waals surface area contributed by atoms with Crippen molar-refractivity contribution in [3.63, 3.8) is 0 Å². The molecule has 0 unspecified atom stereocenters. The Morgan fingerprint density at radius 2 is 0.466 bits per heavy atom. The molecule has 0 aromatic carbocycles. The molecule has 37 nitrogen and oxygen atoms in total. The summed E-state index contributed by atoms with van der Waals surface area (Å²) in [4.78, 5) is 194. The number of carbonyl (C=O) groups excluding carboxylic acids is 15. The van der Waals surface area contributed by atoms with Gasteiger partial charge in [0.15, 0.2) is 0 Å². The Labute approximate surface area is 681 Å². The van der Waals surface area contributed by atoms with Crippen LogP contribution in [0.1, 0.15) is 225 Å². The molecule has 3 heterocycles. The first-order chi connectivity index (χ1) is 56.2. The summed E-state index contributed by atoms with van der Waals surface area (Å²) in [5.74, 6) is -5.37. The van der Waals surface area contributed by atoms with E-state index < -0.39 is 58.8 Å². The maximum Gasteiger partial charge on any atom is 0.333 e. The van der Waals surface area contributed by atoms with Crippen molar-refractivity contribution in [2.24, 2.45) is 5.41 Å². The molecular formula is C79H131N7O30. The minimum atomic E-state index is -0.688. The lowest BCUT2D eigenvalue weighted by molar-refractivity contribution is -0.197. The minimum absolute atomic E-state index is 0.0131. The van der Waals surface area contributed by atoms with E-state index in [4.69, 9.17) is 71.4 Å². The van der Waals surface area contributed by atoms with Gasteiger partial charge in [-0.05, 0) is 51.4 Å². The van der Waals surface area contributed by atoms with Gasteiger partial charge in [0.25, 0.3) is 35.4 Å². The van der Waals surface area contributed by atoms with E-state index in [-0.39, 0.29) is 204 Å². The van der Waals surface area contributed by atoms with Crippen LogP contribution in [0.2, 0.25) is 0 Å². The number of imide groups is 3. The molecule has 0 atom stereocenters. The fourth-order valence-corrected chi connectivity index (χ4v) is 11.2. The standard InChI is InChI=1S/C79H131N7O30/c1-79(61-111-42-30-64(87)19-17-40-102-49-55-108-57-51-104-44-32-66(89)80-36-14-8-2-5-11-21-76(99)114-84-70(93)24-25-71(84)94,62-112-43-31-65(88)20-18-41-103-50-56-109-58-52-105-45-33-67(90)81-37-15-9-3-6-12-22-77(100)115-85-72(95)26-27-73(85)96)63-113-47-35-69(92)83-39-48-107-54-60-110-59-53-106-46-34-68(91)82-38-16-10-4-7-13-23-78(101)116-86-74(97)28-29-75(86)98/h2-63H2,1H3,(H,80,89)(H,81,90)(H,82,91)(H,83,92). The highest BCUT2D eigenvalue weighted by Gasteiger charge is 2.35. The third-order valence-corrected chi connectivity index (χ3v) is 17.8. The number of carbonyl (C=O) groups is 15. The molecule has 116 heavy (non-hydrogen) atoms. The second kappa shape index (κ2) is 68.5. The van der Waals surface area contributed by atoms with Crippen LogP contribution in [0.15, 0.2) is 0 Å². The number of nitrogens with one attached hydrogen (secondary N) is 4. The zero-order valence-electron chi connectivity index (χ0n) is 68.4. The molecule has 4 N–H and O–H groups in total. The average molecular weight is 1660 g/mol. The van der Waals surface area contributed by atoms with Gasteiger partial charge >= 0.3 is 17.9 Å². The van der Waals surface area contributed by atoms with Crippen LogP contribution in [-0.4, -0.2) is 288 Å². The summed E-state index contributed by atoms with van der Waals surface area (Å²) in [5, 5.41) is 13.1. The van der Waals surface area contributed by atoms with Gasteiger partial charge in [-0.3, -0.25) is 57.5 Å². The number of hydrogen-bond acceptors (Lipinski definition) is 30. The van der Waals surface area contributed by atoms with Gasteiger partial charge in [-0.1, -0.05) is 64.7 Å². The van der Waals surface area contributed by atoms with E-state index in [1.807, 2.05) is 6.92 Å². The monoisotopic (exact) mass is 1660 g/mol. The highest BCUT2D eigenvalue weighted by molar-refractivity contribution is 6.03. The number of amides is 10. The van der Waals surface area contributed by atoms with E-state index >= 15 is 0 Å². The van der Waals surface area contributed by atoms with E-state index in [9.17, 15) is 71.9 Å². The molecule has 0 radical (unpaired) electrons. The summed E-state index contributed by atoms with van der Waals surface area (Å²) in [6.07, 6.45) is 15.0. The molecular weight excluding hydrogens is 1530 g/mol.